The molecule has 0 unspecified atom stereocenters. The SMILES string of the molecule is C[C@H]1C([C@@](O)(C(C)(C)C)[Si](C)(C)c2ccccc2)[C@@H]1C. The third kappa shape index (κ3) is 2.08. The van der Waals surface area contributed by atoms with Gasteiger partial charge in [0.1, 0.15) is 8.07 Å². The van der Waals surface area contributed by atoms with Crippen molar-refractivity contribution in [2.45, 2.75) is 52.9 Å². The van der Waals surface area contributed by atoms with E-state index in [0.29, 0.717) is 17.8 Å². The van der Waals surface area contributed by atoms with Gasteiger partial charge in [-0.05, 0) is 23.2 Å². The summed E-state index contributed by atoms with van der Waals surface area (Å²) in [6.45, 7) is 15.9. The molecule has 0 radical (unpaired) electrons. The quantitative estimate of drug-likeness (QED) is 0.839. The van der Waals surface area contributed by atoms with Gasteiger partial charge in [0.05, 0.1) is 5.22 Å². The molecule has 112 valence electrons. The van der Waals surface area contributed by atoms with Crippen LogP contribution in [-0.4, -0.2) is 18.4 Å². The lowest BCUT2D eigenvalue weighted by molar-refractivity contribution is -0.0167. The van der Waals surface area contributed by atoms with Gasteiger partial charge in [-0.1, -0.05) is 83.2 Å². The second-order valence-corrected chi connectivity index (χ2v) is 12.8. The lowest BCUT2D eigenvalue weighted by Crippen LogP contribution is -2.69. The van der Waals surface area contributed by atoms with Gasteiger partial charge in [-0.3, -0.25) is 0 Å². The highest BCUT2D eigenvalue weighted by atomic mass is 28.3. The van der Waals surface area contributed by atoms with Crippen molar-refractivity contribution in [2.24, 2.45) is 23.2 Å². The van der Waals surface area contributed by atoms with Gasteiger partial charge in [0.2, 0.25) is 0 Å². The zero-order valence-electron chi connectivity index (χ0n) is 14.1. The number of hydrogen-bond acceptors (Lipinski definition) is 1. The maximum absolute atomic E-state index is 11.9. The molecule has 0 saturated heterocycles. The summed E-state index contributed by atoms with van der Waals surface area (Å²) in [6.07, 6.45) is 0. The minimum atomic E-state index is -2.00. The molecule has 1 nitrogen and oxygen atoms in total. The Kier molecular flexibility index (Phi) is 3.71. The molecule has 1 aliphatic carbocycles. The largest absolute Gasteiger partial charge is 0.392 e. The van der Waals surface area contributed by atoms with Crippen LogP contribution >= 0.6 is 0 Å². The number of rotatable bonds is 3. The molecule has 1 aromatic carbocycles. The van der Waals surface area contributed by atoms with E-state index in [1.165, 1.54) is 5.19 Å². The second kappa shape index (κ2) is 4.71. The summed E-state index contributed by atoms with van der Waals surface area (Å²) >= 11 is 0. The zero-order chi connectivity index (χ0) is 15.3. The highest BCUT2D eigenvalue weighted by molar-refractivity contribution is 6.92. The Morgan fingerprint density at radius 3 is 1.75 bits per heavy atom. The van der Waals surface area contributed by atoms with E-state index in [1.54, 1.807) is 0 Å². The molecule has 1 fully saturated rings. The van der Waals surface area contributed by atoms with E-state index < -0.39 is 13.3 Å². The Morgan fingerprint density at radius 1 is 0.950 bits per heavy atom. The van der Waals surface area contributed by atoms with Crippen molar-refractivity contribution in [1.29, 1.82) is 0 Å². The molecule has 20 heavy (non-hydrogen) atoms. The van der Waals surface area contributed by atoms with Gasteiger partial charge < -0.3 is 5.11 Å². The van der Waals surface area contributed by atoms with Gasteiger partial charge in [0.15, 0.2) is 0 Å². The monoisotopic (exact) mass is 290 g/mol. The van der Waals surface area contributed by atoms with Crippen LogP contribution in [0.3, 0.4) is 0 Å². The van der Waals surface area contributed by atoms with Gasteiger partial charge in [-0.2, -0.15) is 0 Å². The summed E-state index contributed by atoms with van der Waals surface area (Å²) in [5, 5.41) is 12.7. The molecule has 2 heteroatoms. The van der Waals surface area contributed by atoms with E-state index in [-0.39, 0.29) is 5.41 Å². The lowest BCUT2D eigenvalue weighted by Gasteiger charge is -2.51. The minimum absolute atomic E-state index is 0.0950. The van der Waals surface area contributed by atoms with Gasteiger partial charge in [0, 0.05) is 0 Å². The Morgan fingerprint density at radius 2 is 1.40 bits per heavy atom. The standard InChI is InChI=1S/C18H30OSi/c1-13-14(2)16(13)18(19,17(3,4)5)20(6,7)15-11-9-8-10-12-15/h8-14,16,19H,1-7H3/t13-,14-,18+/m1/s1. The molecule has 1 saturated carbocycles. The third-order valence-electron chi connectivity index (χ3n) is 5.90. The van der Waals surface area contributed by atoms with Crippen LogP contribution in [0.4, 0.5) is 0 Å². The topological polar surface area (TPSA) is 20.2 Å². The van der Waals surface area contributed by atoms with E-state index in [4.69, 9.17) is 0 Å². The van der Waals surface area contributed by atoms with E-state index in [9.17, 15) is 5.11 Å². The molecule has 0 aromatic heterocycles. The first-order chi connectivity index (χ1) is 9.05. The summed E-state index contributed by atoms with van der Waals surface area (Å²) in [7, 11) is -2.00. The number of benzene rings is 1. The van der Waals surface area contributed by atoms with Crippen LogP contribution in [0.5, 0.6) is 0 Å². The summed E-state index contributed by atoms with van der Waals surface area (Å²) < 4.78 is 0. The fourth-order valence-corrected chi connectivity index (χ4v) is 9.05. The highest BCUT2D eigenvalue weighted by Gasteiger charge is 2.66. The van der Waals surface area contributed by atoms with E-state index in [2.05, 4.69) is 78.0 Å². The molecule has 3 atom stereocenters. The van der Waals surface area contributed by atoms with Crippen molar-refractivity contribution < 1.29 is 5.11 Å². The van der Waals surface area contributed by atoms with Crippen LogP contribution in [0.2, 0.25) is 13.1 Å². The first kappa shape index (κ1) is 15.8. The van der Waals surface area contributed by atoms with Crippen LogP contribution in [0.15, 0.2) is 30.3 Å². The Balaban J connectivity index is 2.53. The van der Waals surface area contributed by atoms with E-state index in [0.717, 1.165) is 0 Å². The molecule has 0 bridgehead atoms. The molecular weight excluding hydrogens is 260 g/mol. The Hall–Kier alpha value is -0.603. The minimum Gasteiger partial charge on any atom is -0.392 e. The second-order valence-electron chi connectivity index (χ2n) is 8.25. The van der Waals surface area contributed by atoms with Crippen LogP contribution in [0, 0.1) is 23.2 Å². The molecule has 0 spiro atoms. The van der Waals surface area contributed by atoms with Crippen molar-refractivity contribution in [3.63, 3.8) is 0 Å². The van der Waals surface area contributed by atoms with Crippen LogP contribution < -0.4 is 5.19 Å². The van der Waals surface area contributed by atoms with Crippen molar-refractivity contribution in [2.75, 3.05) is 0 Å². The summed E-state index contributed by atoms with van der Waals surface area (Å²) in [5.41, 5.74) is -0.0950. The van der Waals surface area contributed by atoms with Crippen molar-refractivity contribution in [1.82, 2.24) is 0 Å². The van der Waals surface area contributed by atoms with Gasteiger partial charge in [-0.15, -0.1) is 0 Å². The molecule has 1 aromatic rings. The molecule has 1 aliphatic rings. The average molecular weight is 291 g/mol. The van der Waals surface area contributed by atoms with Gasteiger partial charge in [0.25, 0.3) is 0 Å². The first-order valence-corrected chi connectivity index (χ1v) is 10.8. The number of aliphatic hydroxyl groups is 1. The summed E-state index contributed by atoms with van der Waals surface area (Å²) in [5.74, 6) is 1.70. The molecular formula is C18H30OSi. The van der Waals surface area contributed by atoms with E-state index >= 15 is 0 Å². The Bertz CT molecular complexity index is 466. The van der Waals surface area contributed by atoms with Crippen LogP contribution in [-0.2, 0) is 0 Å². The van der Waals surface area contributed by atoms with Crippen molar-refractivity contribution in [3.05, 3.63) is 30.3 Å². The predicted molar refractivity (Wildman–Crippen MR) is 89.8 cm³/mol. The molecule has 0 aliphatic heterocycles. The maximum Gasteiger partial charge on any atom is 0.118 e. The van der Waals surface area contributed by atoms with Gasteiger partial charge in [-0.25, -0.2) is 0 Å². The fraction of sp³-hybridized carbons (Fsp3) is 0.667. The normalized spacial score (nSPS) is 29.9. The molecule has 2 rings (SSSR count). The van der Waals surface area contributed by atoms with Gasteiger partial charge >= 0.3 is 0 Å². The first-order valence-electron chi connectivity index (χ1n) is 7.83. The van der Waals surface area contributed by atoms with Crippen molar-refractivity contribution in [3.8, 4) is 0 Å². The third-order valence-corrected chi connectivity index (χ3v) is 10.7. The fourth-order valence-electron chi connectivity index (χ4n) is 4.35. The van der Waals surface area contributed by atoms with Crippen molar-refractivity contribution >= 4 is 13.3 Å². The maximum atomic E-state index is 11.9. The average Bonchev–Trinajstić information content (AvgIpc) is 2.96. The number of hydrogen-bond donors (Lipinski definition) is 1. The molecule has 0 heterocycles. The zero-order valence-corrected chi connectivity index (χ0v) is 15.1. The molecule has 1 N–H and O–H groups in total. The lowest BCUT2D eigenvalue weighted by atomic mass is 9.84. The summed E-state index contributed by atoms with van der Waals surface area (Å²) in [6, 6.07) is 10.7. The smallest absolute Gasteiger partial charge is 0.118 e. The Labute approximate surface area is 125 Å². The molecule has 0 amide bonds. The van der Waals surface area contributed by atoms with Crippen LogP contribution in [0.25, 0.3) is 0 Å². The highest BCUT2D eigenvalue weighted by Crippen LogP contribution is 2.59. The summed E-state index contributed by atoms with van der Waals surface area (Å²) in [4.78, 5) is 0. The van der Waals surface area contributed by atoms with Crippen LogP contribution in [0.1, 0.15) is 34.6 Å². The predicted octanol–water partition coefficient (Wildman–Crippen LogP) is 3.82. The van der Waals surface area contributed by atoms with E-state index in [1.807, 2.05) is 0 Å².